The van der Waals surface area contributed by atoms with Gasteiger partial charge in [0.1, 0.15) is 11.4 Å². The molecule has 0 saturated heterocycles. The summed E-state index contributed by atoms with van der Waals surface area (Å²) in [5, 5.41) is 20.4. The van der Waals surface area contributed by atoms with Gasteiger partial charge >= 0.3 is 0 Å². The van der Waals surface area contributed by atoms with Crippen LogP contribution in [0.5, 0.6) is 5.75 Å². The maximum atomic E-state index is 10.3. The van der Waals surface area contributed by atoms with Crippen molar-refractivity contribution in [2.75, 3.05) is 5.73 Å². The third-order valence-electron chi connectivity index (χ3n) is 3.60. The molecule has 0 aliphatic carbocycles. The number of aromatic hydroxyl groups is 1. The van der Waals surface area contributed by atoms with E-state index in [4.69, 9.17) is 5.73 Å². The number of aryl methyl sites for hydroxylation is 2. The SMILES string of the molecule is Cc1cc(O)c2c(N=Nc3ccccc3)c(N)c(C)cc2c1. The quantitative estimate of drug-likeness (QED) is 0.505. The zero-order valence-electron chi connectivity index (χ0n) is 12.5. The third kappa shape index (κ3) is 2.51. The van der Waals surface area contributed by atoms with Crippen LogP contribution in [0.4, 0.5) is 17.1 Å². The fraction of sp³-hybridized carbons (Fsp3) is 0.111. The molecule has 0 atom stereocenters. The standard InChI is InChI=1S/C18H17N3O/c1-11-8-13-10-12(2)17(19)18(16(13)15(22)9-11)21-20-14-6-4-3-5-7-14/h3-10,22H,19H2,1-2H3. The van der Waals surface area contributed by atoms with E-state index in [9.17, 15) is 5.11 Å². The predicted molar refractivity (Wildman–Crippen MR) is 90.1 cm³/mol. The summed E-state index contributed by atoms with van der Waals surface area (Å²) in [6, 6.07) is 15.1. The number of azo groups is 1. The van der Waals surface area contributed by atoms with Crippen molar-refractivity contribution in [2.24, 2.45) is 10.2 Å². The van der Waals surface area contributed by atoms with Crippen molar-refractivity contribution in [3.8, 4) is 5.75 Å². The van der Waals surface area contributed by atoms with Crippen LogP contribution in [0.15, 0.2) is 58.8 Å². The van der Waals surface area contributed by atoms with Crippen LogP contribution in [0, 0.1) is 13.8 Å². The van der Waals surface area contributed by atoms with Gasteiger partial charge in [-0.15, -0.1) is 5.11 Å². The Kier molecular flexibility index (Phi) is 3.51. The number of rotatable bonds is 2. The molecule has 0 heterocycles. The van der Waals surface area contributed by atoms with E-state index in [0.29, 0.717) is 16.8 Å². The molecule has 22 heavy (non-hydrogen) atoms. The minimum absolute atomic E-state index is 0.170. The molecule has 110 valence electrons. The van der Waals surface area contributed by atoms with E-state index < -0.39 is 0 Å². The van der Waals surface area contributed by atoms with Crippen LogP contribution in [0.1, 0.15) is 11.1 Å². The Morgan fingerprint density at radius 1 is 0.955 bits per heavy atom. The Balaban J connectivity index is 2.23. The van der Waals surface area contributed by atoms with Crippen LogP contribution in [-0.2, 0) is 0 Å². The molecule has 0 aromatic heterocycles. The van der Waals surface area contributed by atoms with Gasteiger partial charge in [-0.05, 0) is 54.6 Å². The summed E-state index contributed by atoms with van der Waals surface area (Å²) in [4.78, 5) is 0. The van der Waals surface area contributed by atoms with Gasteiger partial charge in [-0.25, -0.2) is 0 Å². The largest absolute Gasteiger partial charge is 0.507 e. The maximum absolute atomic E-state index is 10.3. The van der Waals surface area contributed by atoms with Gasteiger partial charge in [0.15, 0.2) is 0 Å². The summed E-state index contributed by atoms with van der Waals surface area (Å²) in [5.41, 5.74) is 9.84. The van der Waals surface area contributed by atoms with E-state index in [1.807, 2.05) is 56.3 Å². The molecule has 0 bridgehead atoms. The fourth-order valence-corrected chi connectivity index (χ4v) is 2.51. The lowest BCUT2D eigenvalue weighted by Gasteiger charge is -2.11. The van der Waals surface area contributed by atoms with Crippen LogP contribution in [0.3, 0.4) is 0 Å². The number of nitrogens with zero attached hydrogens (tertiary/aromatic N) is 2. The molecule has 0 amide bonds. The lowest BCUT2D eigenvalue weighted by atomic mass is 10.0. The molecule has 3 aromatic carbocycles. The van der Waals surface area contributed by atoms with Gasteiger partial charge in [-0.2, -0.15) is 5.11 Å². The highest BCUT2D eigenvalue weighted by atomic mass is 16.3. The van der Waals surface area contributed by atoms with Gasteiger partial charge in [0.2, 0.25) is 0 Å². The average molecular weight is 291 g/mol. The van der Waals surface area contributed by atoms with E-state index >= 15 is 0 Å². The number of nitrogen functional groups attached to an aromatic ring is 1. The molecule has 0 unspecified atom stereocenters. The number of phenolic OH excluding ortho intramolecular Hbond substituents is 1. The second kappa shape index (κ2) is 5.48. The van der Waals surface area contributed by atoms with E-state index in [1.165, 1.54) is 0 Å². The summed E-state index contributed by atoms with van der Waals surface area (Å²) in [6.07, 6.45) is 0. The lowest BCUT2D eigenvalue weighted by molar-refractivity contribution is 0.481. The molecular formula is C18H17N3O. The van der Waals surface area contributed by atoms with Gasteiger partial charge in [0.25, 0.3) is 0 Å². The highest BCUT2D eigenvalue weighted by Crippen LogP contribution is 2.41. The molecular weight excluding hydrogens is 274 g/mol. The Bertz CT molecular complexity index is 871. The van der Waals surface area contributed by atoms with Crippen molar-refractivity contribution in [3.05, 3.63) is 59.7 Å². The highest BCUT2D eigenvalue weighted by molar-refractivity contribution is 6.03. The number of nitrogens with two attached hydrogens (primary N) is 1. The van der Waals surface area contributed by atoms with Crippen molar-refractivity contribution < 1.29 is 5.11 Å². The lowest BCUT2D eigenvalue weighted by Crippen LogP contribution is -1.92. The Labute approximate surface area is 128 Å². The van der Waals surface area contributed by atoms with E-state index in [-0.39, 0.29) is 5.75 Å². The zero-order chi connectivity index (χ0) is 15.7. The number of hydrogen-bond acceptors (Lipinski definition) is 4. The summed E-state index contributed by atoms with van der Waals surface area (Å²) in [5.74, 6) is 0.170. The summed E-state index contributed by atoms with van der Waals surface area (Å²) < 4.78 is 0. The van der Waals surface area contributed by atoms with Crippen LogP contribution >= 0.6 is 0 Å². The van der Waals surface area contributed by atoms with Crippen molar-refractivity contribution >= 4 is 27.8 Å². The van der Waals surface area contributed by atoms with Crippen molar-refractivity contribution in [3.63, 3.8) is 0 Å². The number of hydrogen-bond donors (Lipinski definition) is 2. The summed E-state index contributed by atoms with van der Waals surface area (Å²) in [6.45, 7) is 3.87. The van der Waals surface area contributed by atoms with E-state index in [2.05, 4.69) is 10.2 Å². The van der Waals surface area contributed by atoms with Gasteiger partial charge < -0.3 is 10.8 Å². The maximum Gasteiger partial charge on any atom is 0.125 e. The second-order valence-electron chi connectivity index (χ2n) is 5.37. The highest BCUT2D eigenvalue weighted by Gasteiger charge is 2.12. The van der Waals surface area contributed by atoms with E-state index in [1.54, 1.807) is 6.07 Å². The van der Waals surface area contributed by atoms with Gasteiger partial charge in [0, 0.05) is 0 Å². The molecule has 4 nitrogen and oxygen atoms in total. The van der Waals surface area contributed by atoms with E-state index in [0.717, 1.165) is 22.2 Å². The molecule has 0 saturated carbocycles. The van der Waals surface area contributed by atoms with Crippen LogP contribution in [0.25, 0.3) is 10.8 Å². The number of anilines is 1. The fourth-order valence-electron chi connectivity index (χ4n) is 2.51. The normalized spacial score (nSPS) is 11.4. The predicted octanol–water partition coefficient (Wildman–Crippen LogP) is 5.16. The molecule has 0 radical (unpaired) electrons. The van der Waals surface area contributed by atoms with Gasteiger partial charge in [-0.3, -0.25) is 0 Å². The smallest absolute Gasteiger partial charge is 0.125 e. The Morgan fingerprint density at radius 3 is 2.41 bits per heavy atom. The topological polar surface area (TPSA) is 71.0 Å². The molecule has 0 aliphatic heterocycles. The Morgan fingerprint density at radius 2 is 1.68 bits per heavy atom. The Hall–Kier alpha value is -2.88. The molecule has 4 heteroatoms. The first kappa shape index (κ1) is 14.1. The first-order chi connectivity index (χ1) is 10.6. The summed E-state index contributed by atoms with van der Waals surface area (Å²) in [7, 11) is 0. The van der Waals surface area contributed by atoms with Crippen molar-refractivity contribution in [1.82, 2.24) is 0 Å². The number of phenols is 1. The summed E-state index contributed by atoms with van der Waals surface area (Å²) >= 11 is 0. The molecule has 3 aromatic rings. The first-order valence-electron chi connectivity index (χ1n) is 7.05. The minimum Gasteiger partial charge on any atom is -0.507 e. The molecule has 3 N–H and O–H groups in total. The van der Waals surface area contributed by atoms with Gasteiger partial charge in [-0.1, -0.05) is 24.3 Å². The second-order valence-corrected chi connectivity index (χ2v) is 5.37. The molecule has 0 spiro atoms. The monoisotopic (exact) mass is 291 g/mol. The molecule has 3 rings (SSSR count). The molecule has 0 aliphatic rings. The molecule has 0 fully saturated rings. The number of fused-ring (bicyclic) bond motifs is 1. The van der Waals surface area contributed by atoms with Crippen molar-refractivity contribution in [1.29, 1.82) is 0 Å². The minimum atomic E-state index is 0.170. The van der Waals surface area contributed by atoms with Crippen LogP contribution < -0.4 is 5.73 Å². The third-order valence-corrected chi connectivity index (χ3v) is 3.60. The average Bonchev–Trinajstić information content (AvgIpc) is 2.49. The van der Waals surface area contributed by atoms with Crippen molar-refractivity contribution in [2.45, 2.75) is 13.8 Å². The first-order valence-corrected chi connectivity index (χ1v) is 7.05. The van der Waals surface area contributed by atoms with Gasteiger partial charge in [0.05, 0.1) is 16.8 Å². The van der Waals surface area contributed by atoms with Crippen LogP contribution in [-0.4, -0.2) is 5.11 Å². The number of benzene rings is 3. The van der Waals surface area contributed by atoms with Crippen LogP contribution in [0.2, 0.25) is 0 Å². The zero-order valence-corrected chi connectivity index (χ0v) is 12.5.